The first-order chi connectivity index (χ1) is 10.8. The zero-order chi connectivity index (χ0) is 16.8. The molecule has 1 atom stereocenters. The van der Waals surface area contributed by atoms with E-state index in [4.69, 9.17) is 10.5 Å². The monoisotopic (exact) mass is 309 g/mol. The average Bonchev–Trinajstić information content (AvgIpc) is 2.81. The molecule has 3 rings (SSSR count). The van der Waals surface area contributed by atoms with Gasteiger partial charge in [-0.05, 0) is 23.5 Å². The van der Waals surface area contributed by atoms with E-state index in [9.17, 15) is 4.79 Å². The van der Waals surface area contributed by atoms with Crippen molar-refractivity contribution in [2.75, 3.05) is 0 Å². The largest absolute Gasteiger partial charge is 0.425 e. The number of hydrogen-bond acceptors (Lipinski definition) is 3. The maximum Gasteiger partial charge on any atom is 0.323 e. The van der Waals surface area contributed by atoms with E-state index < -0.39 is 0 Å². The van der Waals surface area contributed by atoms with E-state index in [1.165, 1.54) is 0 Å². The van der Waals surface area contributed by atoms with E-state index in [1.807, 2.05) is 24.3 Å². The van der Waals surface area contributed by atoms with Gasteiger partial charge in [0.1, 0.15) is 11.7 Å². The van der Waals surface area contributed by atoms with Gasteiger partial charge in [0, 0.05) is 17.7 Å². The highest BCUT2D eigenvalue weighted by atomic mass is 16.5. The number of hydrogen-bond donors (Lipinski definition) is 1. The first kappa shape index (κ1) is 15.8. The summed E-state index contributed by atoms with van der Waals surface area (Å²) in [5.74, 6) is 0.190. The highest BCUT2D eigenvalue weighted by molar-refractivity contribution is 5.90. The smallest absolute Gasteiger partial charge is 0.323 e. The maximum atomic E-state index is 12.5. The molecule has 3 heteroatoms. The molecule has 0 aromatic heterocycles. The summed E-state index contributed by atoms with van der Waals surface area (Å²) in [4.78, 5) is 12.5. The summed E-state index contributed by atoms with van der Waals surface area (Å²) in [7, 11) is 0. The van der Waals surface area contributed by atoms with Crippen molar-refractivity contribution >= 4 is 5.97 Å². The lowest BCUT2D eigenvalue weighted by atomic mass is 9.82. The zero-order valence-electron chi connectivity index (χ0n) is 14.1. The number of benzene rings is 2. The second-order valence-electron chi connectivity index (χ2n) is 7.28. The molecule has 0 aliphatic carbocycles. The van der Waals surface area contributed by atoms with Gasteiger partial charge in [-0.2, -0.15) is 0 Å². The van der Waals surface area contributed by atoms with Crippen molar-refractivity contribution in [3.63, 3.8) is 0 Å². The van der Waals surface area contributed by atoms with Gasteiger partial charge in [-0.1, -0.05) is 62.7 Å². The molecule has 1 aliphatic heterocycles. The van der Waals surface area contributed by atoms with Crippen LogP contribution in [0.1, 0.15) is 54.5 Å². The van der Waals surface area contributed by atoms with E-state index in [2.05, 4.69) is 39.8 Å². The lowest BCUT2D eigenvalue weighted by Gasteiger charge is -2.22. The first-order valence-corrected chi connectivity index (χ1v) is 7.97. The lowest BCUT2D eigenvalue weighted by molar-refractivity contribution is -0.133. The van der Waals surface area contributed by atoms with E-state index >= 15 is 0 Å². The van der Waals surface area contributed by atoms with Crippen molar-refractivity contribution in [3.8, 4) is 5.75 Å². The van der Waals surface area contributed by atoms with Crippen LogP contribution in [0.15, 0.2) is 36.4 Å². The van der Waals surface area contributed by atoms with Gasteiger partial charge < -0.3 is 10.5 Å². The van der Waals surface area contributed by atoms with E-state index in [-0.39, 0.29) is 17.3 Å². The standard InChI is InChI=1S/C20H23NO2/c1-12-9-15-17(14-7-5-13(11-21)6-8-14)19(22)23-18(15)16(10-12)20(2,3)4/h5-10,17H,11,21H2,1-4H3. The Morgan fingerprint density at radius 3 is 2.35 bits per heavy atom. The Labute approximate surface area is 137 Å². The molecule has 0 radical (unpaired) electrons. The zero-order valence-corrected chi connectivity index (χ0v) is 14.1. The molecule has 2 aromatic rings. The maximum absolute atomic E-state index is 12.5. The summed E-state index contributed by atoms with van der Waals surface area (Å²) in [6, 6.07) is 12.1. The number of fused-ring (bicyclic) bond motifs is 1. The van der Waals surface area contributed by atoms with Crippen LogP contribution in [-0.2, 0) is 16.8 Å². The van der Waals surface area contributed by atoms with Crippen LogP contribution in [0.5, 0.6) is 5.75 Å². The topological polar surface area (TPSA) is 52.3 Å². The molecule has 1 unspecified atom stereocenters. The Morgan fingerprint density at radius 1 is 1.13 bits per heavy atom. The van der Waals surface area contributed by atoms with Gasteiger partial charge in [-0.3, -0.25) is 4.79 Å². The van der Waals surface area contributed by atoms with Crippen LogP contribution in [0, 0.1) is 6.92 Å². The van der Waals surface area contributed by atoms with Crippen LogP contribution >= 0.6 is 0 Å². The average molecular weight is 309 g/mol. The Bertz CT molecular complexity index is 754. The van der Waals surface area contributed by atoms with Gasteiger partial charge >= 0.3 is 5.97 Å². The van der Waals surface area contributed by atoms with Crippen LogP contribution in [0.25, 0.3) is 0 Å². The number of aryl methyl sites for hydroxylation is 1. The molecule has 120 valence electrons. The quantitative estimate of drug-likeness (QED) is 0.678. The molecule has 23 heavy (non-hydrogen) atoms. The molecule has 2 N–H and O–H groups in total. The molecular formula is C20H23NO2. The van der Waals surface area contributed by atoms with Crippen LogP contribution in [0.3, 0.4) is 0 Å². The first-order valence-electron chi connectivity index (χ1n) is 7.97. The van der Waals surface area contributed by atoms with E-state index in [1.54, 1.807) is 0 Å². The summed E-state index contributed by atoms with van der Waals surface area (Å²) in [5, 5.41) is 0. The van der Waals surface area contributed by atoms with Crippen molar-refractivity contribution < 1.29 is 9.53 Å². The Hall–Kier alpha value is -2.13. The second kappa shape index (κ2) is 5.50. The number of ether oxygens (including phenoxy) is 1. The molecular weight excluding hydrogens is 286 g/mol. The minimum atomic E-state index is -0.349. The third kappa shape index (κ3) is 2.77. The Balaban J connectivity index is 2.13. The third-order valence-corrected chi connectivity index (χ3v) is 4.37. The minimum absolute atomic E-state index is 0.0747. The molecule has 0 saturated heterocycles. The Morgan fingerprint density at radius 2 is 1.78 bits per heavy atom. The summed E-state index contributed by atoms with van der Waals surface area (Å²) in [5.41, 5.74) is 10.8. The molecule has 2 aromatic carbocycles. The minimum Gasteiger partial charge on any atom is -0.425 e. The van der Waals surface area contributed by atoms with Crippen LogP contribution < -0.4 is 10.5 Å². The molecule has 0 spiro atoms. The molecule has 0 amide bonds. The predicted molar refractivity (Wildman–Crippen MR) is 91.7 cm³/mol. The normalized spacial score (nSPS) is 17.1. The van der Waals surface area contributed by atoms with Gasteiger partial charge in [-0.25, -0.2) is 0 Å². The number of nitrogens with two attached hydrogens (primary N) is 1. The van der Waals surface area contributed by atoms with Crippen molar-refractivity contribution in [2.24, 2.45) is 5.73 Å². The molecule has 0 bridgehead atoms. The van der Waals surface area contributed by atoms with Crippen molar-refractivity contribution in [3.05, 3.63) is 64.2 Å². The van der Waals surface area contributed by atoms with Crippen LogP contribution in [-0.4, -0.2) is 5.97 Å². The number of carbonyl (C=O) groups is 1. The molecule has 1 heterocycles. The lowest BCUT2D eigenvalue weighted by Crippen LogP contribution is -2.14. The number of esters is 1. The van der Waals surface area contributed by atoms with Crippen molar-refractivity contribution in [2.45, 2.75) is 45.6 Å². The van der Waals surface area contributed by atoms with Gasteiger partial charge in [0.2, 0.25) is 0 Å². The summed E-state index contributed by atoms with van der Waals surface area (Å²) in [6.07, 6.45) is 0. The molecule has 3 nitrogen and oxygen atoms in total. The fourth-order valence-electron chi connectivity index (χ4n) is 3.13. The highest BCUT2D eigenvalue weighted by Crippen LogP contribution is 2.45. The van der Waals surface area contributed by atoms with Crippen molar-refractivity contribution in [1.82, 2.24) is 0 Å². The van der Waals surface area contributed by atoms with Gasteiger partial charge in [0.05, 0.1) is 0 Å². The highest BCUT2D eigenvalue weighted by Gasteiger charge is 2.38. The molecule has 1 aliphatic rings. The third-order valence-electron chi connectivity index (χ3n) is 4.37. The van der Waals surface area contributed by atoms with Gasteiger partial charge in [0.15, 0.2) is 0 Å². The SMILES string of the molecule is Cc1cc2c(c(C(C)(C)C)c1)OC(=O)C2c1ccc(CN)cc1. The molecule has 0 fully saturated rings. The van der Waals surface area contributed by atoms with Crippen LogP contribution in [0.4, 0.5) is 0 Å². The van der Waals surface area contributed by atoms with Crippen LogP contribution in [0.2, 0.25) is 0 Å². The van der Waals surface area contributed by atoms with Gasteiger partial charge in [0.25, 0.3) is 0 Å². The van der Waals surface area contributed by atoms with E-state index in [0.29, 0.717) is 6.54 Å². The summed E-state index contributed by atoms with van der Waals surface area (Å²) < 4.78 is 5.68. The number of rotatable bonds is 2. The predicted octanol–water partition coefficient (Wildman–Crippen LogP) is 3.80. The van der Waals surface area contributed by atoms with Gasteiger partial charge in [-0.15, -0.1) is 0 Å². The summed E-state index contributed by atoms with van der Waals surface area (Å²) >= 11 is 0. The Kier molecular flexibility index (Phi) is 3.77. The fraction of sp³-hybridized carbons (Fsp3) is 0.350. The molecule has 0 saturated carbocycles. The van der Waals surface area contributed by atoms with E-state index in [0.717, 1.165) is 33.6 Å². The number of carbonyl (C=O) groups excluding carboxylic acids is 1. The second-order valence-corrected chi connectivity index (χ2v) is 7.28. The fourth-order valence-corrected chi connectivity index (χ4v) is 3.13. The van der Waals surface area contributed by atoms with Crippen molar-refractivity contribution in [1.29, 1.82) is 0 Å². The summed E-state index contributed by atoms with van der Waals surface area (Å²) in [6.45, 7) is 8.98.